The summed E-state index contributed by atoms with van der Waals surface area (Å²) in [6.07, 6.45) is -4.77. The largest absolute Gasteiger partial charge is 0.493 e. The predicted molar refractivity (Wildman–Crippen MR) is 89.7 cm³/mol. The minimum absolute atomic E-state index is 0.0854. The van der Waals surface area contributed by atoms with Crippen LogP contribution in [0.15, 0.2) is 18.2 Å². The van der Waals surface area contributed by atoms with E-state index in [1.165, 1.54) is 21.1 Å². The fourth-order valence-electron chi connectivity index (χ4n) is 2.76. The first-order valence-electron chi connectivity index (χ1n) is 8.13. The van der Waals surface area contributed by atoms with Crippen molar-refractivity contribution >= 4 is 5.91 Å². The highest BCUT2D eigenvalue weighted by Gasteiger charge is 2.45. The van der Waals surface area contributed by atoms with Crippen molar-refractivity contribution in [2.24, 2.45) is 0 Å². The molecule has 5 atom stereocenters. The molecule has 1 heterocycles. The molecule has 146 valence electrons. The van der Waals surface area contributed by atoms with Crippen LogP contribution in [0.4, 0.5) is 0 Å². The van der Waals surface area contributed by atoms with Gasteiger partial charge in [0.2, 0.25) is 5.91 Å². The van der Waals surface area contributed by atoms with Crippen molar-refractivity contribution in [3.63, 3.8) is 0 Å². The average molecular weight is 371 g/mol. The first-order valence-corrected chi connectivity index (χ1v) is 8.13. The van der Waals surface area contributed by atoms with Gasteiger partial charge in [0.1, 0.15) is 24.4 Å². The Bertz CT molecular complexity index is 610. The highest BCUT2D eigenvalue weighted by Crippen LogP contribution is 2.29. The van der Waals surface area contributed by atoms with E-state index >= 15 is 0 Å². The zero-order valence-corrected chi connectivity index (χ0v) is 14.9. The Kier molecular flexibility index (Phi) is 7.18. The Morgan fingerprint density at radius 2 is 1.88 bits per heavy atom. The van der Waals surface area contributed by atoms with Gasteiger partial charge < -0.3 is 39.6 Å². The lowest BCUT2D eigenvalue weighted by Crippen LogP contribution is -2.64. The molecule has 1 saturated heterocycles. The highest BCUT2D eigenvalue weighted by molar-refractivity contribution is 5.73. The lowest BCUT2D eigenvalue weighted by Gasteiger charge is -2.42. The fourth-order valence-corrected chi connectivity index (χ4v) is 2.76. The lowest BCUT2D eigenvalue weighted by atomic mass is 9.97. The minimum atomic E-state index is -1.35. The van der Waals surface area contributed by atoms with E-state index in [1.54, 1.807) is 18.2 Å². The summed E-state index contributed by atoms with van der Waals surface area (Å²) in [5.74, 6) is 0.687. The van der Waals surface area contributed by atoms with Crippen molar-refractivity contribution in [2.45, 2.75) is 44.2 Å². The number of aliphatic hydroxyl groups excluding tert-OH is 3. The van der Waals surface area contributed by atoms with Crippen molar-refractivity contribution in [3.8, 4) is 11.5 Å². The molecule has 0 radical (unpaired) electrons. The van der Waals surface area contributed by atoms with Gasteiger partial charge in [-0.3, -0.25) is 4.79 Å². The molecule has 0 saturated carbocycles. The molecule has 9 nitrogen and oxygen atoms in total. The molecule has 9 heteroatoms. The van der Waals surface area contributed by atoms with Crippen LogP contribution in [0.1, 0.15) is 12.5 Å². The van der Waals surface area contributed by atoms with Gasteiger partial charge in [-0.15, -0.1) is 0 Å². The summed E-state index contributed by atoms with van der Waals surface area (Å²) in [6, 6.07) is 4.24. The third-order valence-electron chi connectivity index (χ3n) is 4.11. The van der Waals surface area contributed by atoms with Gasteiger partial charge in [0.25, 0.3) is 0 Å². The predicted octanol–water partition coefficient (Wildman–Crippen LogP) is -0.836. The molecule has 2 rings (SSSR count). The van der Waals surface area contributed by atoms with Crippen LogP contribution in [-0.2, 0) is 20.9 Å². The first kappa shape index (κ1) is 20.4. The molecule has 0 aromatic heterocycles. The summed E-state index contributed by atoms with van der Waals surface area (Å²) in [7, 11) is 3.05. The molecule has 4 N–H and O–H groups in total. The maximum Gasteiger partial charge on any atom is 0.217 e. The Labute approximate surface area is 151 Å². The second-order valence-corrected chi connectivity index (χ2v) is 5.93. The molecular formula is C17H25NO8. The van der Waals surface area contributed by atoms with E-state index in [0.29, 0.717) is 11.5 Å². The second-order valence-electron chi connectivity index (χ2n) is 5.93. The van der Waals surface area contributed by atoms with Crippen LogP contribution in [0, 0.1) is 0 Å². The fraction of sp³-hybridized carbons (Fsp3) is 0.588. The number of rotatable bonds is 7. The summed E-state index contributed by atoms with van der Waals surface area (Å²) in [5.41, 5.74) is 0.744. The van der Waals surface area contributed by atoms with Crippen molar-refractivity contribution in [3.05, 3.63) is 23.8 Å². The highest BCUT2D eigenvalue weighted by atomic mass is 16.7. The number of carbonyl (C=O) groups excluding carboxylic acids is 1. The summed E-state index contributed by atoms with van der Waals surface area (Å²) in [4.78, 5) is 11.4. The van der Waals surface area contributed by atoms with E-state index < -0.39 is 43.2 Å². The molecule has 1 fully saturated rings. The number of amides is 1. The van der Waals surface area contributed by atoms with E-state index in [2.05, 4.69) is 5.32 Å². The second kappa shape index (κ2) is 9.15. The molecule has 0 bridgehead atoms. The summed E-state index contributed by atoms with van der Waals surface area (Å²) in [5, 5.41) is 32.0. The van der Waals surface area contributed by atoms with Crippen LogP contribution in [0.5, 0.6) is 11.5 Å². The van der Waals surface area contributed by atoms with E-state index in [-0.39, 0.29) is 6.61 Å². The maximum absolute atomic E-state index is 11.4. The van der Waals surface area contributed by atoms with Crippen molar-refractivity contribution < 1.29 is 39.1 Å². The molecule has 1 aromatic carbocycles. The van der Waals surface area contributed by atoms with E-state index in [1.807, 2.05) is 0 Å². The third-order valence-corrected chi connectivity index (χ3v) is 4.11. The van der Waals surface area contributed by atoms with Crippen molar-refractivity contribution in [2.75, 3.05) is 20.8 Å². The molecule has 1 aliphatic heterocycles. The van der Waals surface area contributed by atoms with Gasteiger partial charge in [0, 0.05) is 6.92 Å². The number of benzene rings is 1. The zero-order chi connectivity index (χ0) is 19.3. The normalized spacial score (nSPS) is 28.5. The van der Waals surface area contributed by atoms with Crippen molar-refractivity contribution in [1.29, 1.82) is 0 Å². The van der Waals surface area contributed by atoms with Crippen LogP contribution < -0.4 is 14.8 Å². The quantitative estimate of drug-likeness (QED) is 0.489. The maximum atomic E-state index is 11.4. The zero-order valence-electron chi connectivity index (χ0n) is 14.9. The van der Waals surface area contributed by atoms with Crippen LogP contribution >= 0.6 is 0 Å². The van der Waals surface area contributed by atoms with E-state index in [4.69, 9.17) is 18.9 Å². The van der Waals surface area contributed by atoms with Crippen LogP contribution in [0.2, 0.25) is 0 Å². The Morgan fingerprint density at radius 1 is 1.19 bits per heavy atom. The molecule has 26 heavy (non-hydrogen) atoms. The summed E-state index contributed by atoms with van der Waals surface area (Å²) < 4.78 is 21.6. The number of aliphatic hydroxyl groups is 3. The number of ether oxygens (including phenoxy) is 4. The van der Waals surface area contributed by atoms with Gasteiger partial charge in [-0.1, -0.05) is 6.07 Å². The van der Waals surface area contributed by atoms with Gasteiger partial charge in [-0.05, 0) is 17.7 Å². The number of hydrogen-bond acceptors (Lipinski definition) is 8. The number of methoxy groups -OCH3 is 2. The number of nitrogens with one attached hydrogen (secondary N) is 1. The Balaban J connectivity index is 2.12. The summed E-state index contributed by atoms with van der Waals surface area (Å²) in [6.45, 7) is 0.867. The third kappa shape index (κ3) is 4.63. The van der Waals surface area contributed by atoms with Crippen molar-refractivity contribution in [1.82, 2.24) is 5.32 Å². The van der Waals surface area contributed by atoms with E-state index in [0.717, 1.165) is 5.56 Å². The molecule has 0 spiro atoms. The average Bonchev–Trinajstić information content (AvgIpc) is 2.64. The van der Waals surface area contributed by atoms with Gasteiger partial charge in [-0.25, -0.2) is 0 Å². The standard InChI is InChI=1S/C17H25NO8/c1-9(20)18-14-16(22)15(21)13(7-19)26-17(14)25-8-10-4-5-11(23-2)12(6-10)24-3/h4-6,13-17,19,21-22H,7-8H2,1-3H3,(H,18,20)/t13-,14+,15+,16+,17-/m0/s1. The SMILES string of the molecule is COc1ccc(CO[C@H]2O[C@@H](CO)[C@@H](O)[C@H](O)[C@H]2NC(C)=O)cc1OC. The molecule has 1 amide bonds. The Morgan fingerprint density at radius 3 is 2.46 bits per heavy atom. The van der Waals surface area contributed by atoms with Gasteiger partial charge >= 0.3 is 0 Å². The Hall–Kier alpha value is -1.91. The minimum Gasteiger partial charge on any atom is -0.493 e. The van der Waals surface area contributed by atoms with Crippen LogP contribution in [-0.4, -0.2) is 72.7 Å². The van der Waals surface area contributed by atoms with Crippen LogP contribution in [0.25, 0.3) is 0 Å². The lowest BCUT2D eigenvalue weighted by molar-refractivity contribution is -0.273. The van der Waals surface area contributed by atoms with Gasteiger partial charge in [0.05, 0.1) is 27.4 Å². The monoisotopic (exact) mass is 371 g/mol. The number of hydrogen-bond donors (Lipinski definition) is 4. The molecular weight excluding hydrogens is 346 g/mol. The van der Waals surface area contributed by atoms with Gasteiger partial charge in [0.15, 0.2) is 17.8 Å². The molecule has 0 unspecified atom stereocenters. The molecule has 1 aromatic rings. The molecule has 1 aliphatic rings. The van der Waals surface area contributed by atoms with Crippen LogP contribution in [0.3, 0.4) is 0 Å². The topological polar surface area (TPSA) is 127 Å². The smallest absolute Gasteiger partial charge is 0.217 e. The van der Waals surface area contributed by atoms with E-state index in [9.17, 15) is 20.1 Å². The van der Waals surface area contributed by atoms with Gasteiger partial charge in [-0.2, -0.15) is 0 Å². The summed E-state index contributed by atoms with van der Waals surface area (Å²) >= 11 is 0. The number of carbonyl (C=O) groups is 1. The molecule has 0 aliphatic carbocycles. The first-order chi connectivity index (χ1) is 12.4.